The fourth-order valence-electron chi connectivity index (χ4n) is 2.82. The van der Waals surface area contributed by atoms with Gasteiger partial charge in [-0.2, -0.15) is 0 Å². The van der Waals surface area contributed by atoms with Gasteiger partial charge in [0.25, 0.3) is 5.91 Å². The van der Waals surface area contributed by atoms with E-state index in [0.29, 0.717) is 27.3 Å². The molecule has 1 aliphatic heterocycles. The Balaban J connectivity index is 1.92. The molecule has 0 aromatic heterocycles. The number of carbonyl (C=O) groups is 1. The lowest BCUT2D eigenvalue weighted by atomic mass is 10.1. The average Bonchev–Trinajstić information content (AvgIpc) is 2.97. The molecule has 0 radical (unpaired) electrons. The number of anilines is 2. The third-order valence-electron chi connectivity index (χ3n) is 4.29. The molecule has 3 rings (SSSR count). The topological polar surface area (TPSA) is 42.0 Å². The lowest BCUT2D eigenvalue weighted by molar-refractivity contribution is -0.113. The summed E-state index contributed by atoms with van der Waals surface area (Å²) in [6, 6.07) is 11.4. The van der Waals surface area contributed by atoms with Crippen LogP contribution < -0.4 is 19.3 Å². The Morgan fingerprint density at radius 3 is 2.48 bits per heavy atom. The molecule has 2 aromatic rings. The summed E-state index contributed by atoms with van der Waals surface area (Å²) in [7, 11) is 5.53. The maximum atomic E-state index is 13.0. The molecule has 0 spiro atoms. The molecular weight excluding hydrogens is 472 g/mol. The number of hydrogen-bond acceptors (Lipinski definition) is 6. The summed E-state index contributed by atoms with van der Waals surface area (Å²) in [5, 5.41) is 0. The van der Waals surface area contributed by atoms with Crippen LogP contribution in [-0.4, -0.2) is 38.0 Å². The maximum absolute atomic E-state index is 13.0. The number of ether oxygens (including phenoxy) is 2. The van der Waals surface area contributed by atoms with Gasteiger partial charge in [-0.15, -0.1) is 0 Å². The smallest absolute Gasteiger partial charge is 0.270 e. The number of methoxy groups -OCH3 is 1. The van der Waals surface area contributed by atoms with Crippen molar-refractivity contribution < 1.29 is 14.3 Å². The molecule has 0 atom stereocenters. The zero-order valence-electron chi connectivity index (χ0n) is 16.6. The quantitative estimate of drug-likeness (QED) is 0.401. The largest absolute Gasteiger partial charge is 0.493 e. The van der Waals surface area contributed by atoms with Crippen molar-refractivity contribution in [3.63, 3.8) is 0 Å². The Kier molecular flexibility index (Phi) is 6.87. The first-order valence-corrected chi connectivity index (χ1v) is 10.9. The van der Waals surface area contributed by atoms with Crippen LogP contribution in [0, 0.1) is 0 Å². The summed E-state index contributed by atoms with van der Waals surface area (Å²) in [5.74, 6) is 1.11. The van der Waals surface area contributed by atoms with E-state index in [4.69, 9.17) is 21.7 Å². The molecule has 0 bridgehead atoms. The van der Waals surface area contributed by atoms with Gasteiger partial charge in [0.1, 0.15) is 0 Å². The molecule has 0 saturated carbocycles. The summed E-state index contributed by atoms with van der Waals surface area (Å²) < 4.78 is 12.3. The van der Waals surface area contributed by atoms with Crippen LogP contribution in [0.15, 0.2) is 45.8 Å². The van der Waals surface area contributed by atoms with Crippen LogP contribution in [0.3, 0.4) is 0 Å². The van der Waals surface area contributed by atoms with Crippen molar-refractivity contribution in [3.05, 3.63) is 51.3 Å². The van der Waals surface area contributed by atoms with E-state index in [9.17, 15) is 4.79 Å². The number of hydrogen-bond donors (Lipinski definition) is 0. The summed E-state index contributed by atoms with van der Waals surface area (Å²) in [5.41, 5.74) is 2.62. The Labute approximate surface area is 188 Å². The number of thiocarbonyl (C=S) groups is 1. The predicted molar refractivity (Wildman–Crippen MR) is 128 cm³/mol. The van der Waals surface area contributed by atoms with Gasteiger partial charge in [-0.05, 0) is 55.0 Å². The Morgan fingerprint density at radius 2 is 1.90 bits per heavy atom. The highest BCUT2D eigenvalue weighted by molar-refractivity contribution is 9.10. The van der Waals surface area contributed by atoms with Crippen LogP contribution in [0.1, 0.15) is 12.5 Å². The van der Waals surface area contributed by atoms with Gasteiger partial charge in [0.2, 0.25) is 0 Å². The third kappa shape index (κ3) is 4.60. The number of benzene rings is 2. The van der Waals surface area contributed by atoms with Crippen molar-refractivity contribution in [2.45, 2.75) is 6.92 Å². The van der Waals surface area contributed by atoms with Crippen molar-refractivity contribution in [3.8, 4) is 11.5 Å². The van der Waals surface area contributed by atoms with Gasteiger partial charge in [-0.25, -0.2) is 0 Å². The predicted octanol–water partition coefficient (Wildman–Crippen LogP) is 5.33. The lowest BCUT2D eigenvalue weighted by Crippen LogP contribution is -2.27. The second-order valence-corrected chi connectivity index (χ2v) is 8.92. The van der Waals surface area contributed by atoms with Crippen LogP contribution in [0.2, 0.25) is 0 Å². The van der Waals surface area contributed by atoms with E-state index >= 15 is 0 Å². The van der Waals surface area contributed by atoms with Crippen molar-refractivity contribution in [2.75, 3.05) is 37.6 Å². The molecule has 152 valence electrons. The minimum atomic E-state index is -0.141. The van der Waals surface area contributed by atoms with Crippen molar-refractivity contribution in [1.29, 1.82) is 0 Å². The molecule has 0 aliphatic carbocycles. The van der Waals surface area contributed by atoms with Crippen molar-refractivity contribution in [1.82, 2.24) is 0 Å². The highest BCUT2D eigenvalue weighted by atomic mass is 79.9. The zero-order chi connectivity index (χ0) is 21.1. The summed E-state index contributed by atoms with van der Waals surface area (Å²) in [4.78, 5) is 17.2. The molecule has 29 heavy (non-hydrogen) atoms. The van der Waals surface area contributed by atoms with Crippen LogP contribution in [0.5, 0.6) is 11.5 Å². The lowest BCUT2D eigenvalue weighted by Gasteiger charge is -2.17. The van der Waals surface area contributed by atoms with Gasteiger partial charge in [-0.3, -0.25) is 9.69 Å². The SMILES string of the molecule is CCOc1cc(Br)c(C=C2SC(=S)N(c3ccc(N(C)C)cc3)C2=O)cc1OC. The molecule has 0 N–H and O–H groups in total. The maximum Gasteiger partial charge on any atom is 0.270 e. The molecule has 1 amide bonds. The molecule has 1 heterocycles. The average molecular weight is 493 g/mol. The Morgan fingerprint density at radius 1 is 1.21 bits per heavy atom. The minimum absolute atomic E-state index is 0.141. The van der Waals surface area contributed by atoms with E-state index in [1.54, 1.807) is 12.0 Å². The Hall–Kier alpha value is -2.03. The van der Waals surface area contributed by atoms with E-state index in [1.165, 1.54) is 11.8 Å². The zero-order valence-corrected chi connectivity index (χ0v) is 19.8. The minimum Gasteiger partial charge on any atom is -0.493 e. The van der Waals surface area contributed by atoms with E-state index in [-0.39, 0.29) is 5.91 Å². The number of rotatable bonds is 6. The first-order valence-electron chi connectivity index (χ1n) is 8.91. The van der Waals surface area contributed by atoms with Crippen LogP contribution in [0.25, 0.3) is 6.08 Å². The van der Waals surface area contributed by atoms with Gasteiger partial charge in [0.15, 0.2) is 15.8 Å². The highest BCUT2D eigenvalue weighted by Gasteiger charge is 2.33. The first-order chi connectivity index (χ1) is 13.8. The number of amides is 1. The van der Waals surface area contributed by atoms with Gasteiger partial charge < -0.3 is 14.4 Å². The molecular formula is C21H21BrN2O3S2. The molecule has 1 aliphatic rings. The van der Waals surface area contributed by atoms with Crippen molar-refractivity contribution in [2.24, 2.45) is 0 Å². The molecule has 1 fully saturated rings. The molecule has 2 aromatic carbocycles. The highest BCUT2D eigenvalue weighted by Crippen LogP contribution is 2.39. The number of halogens is 1. The summed E-state index contributed by atoms with van der Waals surface area (Å²) in [6.07, 6.45) is 1.82. The molecule has 5 nitrogen and oxygen atoms in total. The molecule has 8 heteroatoms. The molecule has 0 unspecified atom stereocenters. The van der Waals surface area contributed by atoms with E-state index in [2.05, 4.69) is 15.9 Å². The number of carbonyl (C=O) groups excluding carboxylic acids is 1. The Bertz CT molecular complexity index is 975. The third-order valence-corrected chi connectivity index (χ3v) is 6.28. The van der Waals surface area contributed by atoms with E-state index in [1.807, 2.05) is 68.4 Å². The van der Waals surface area contributed by atoms with Gasteiger partial charge >= 0.3 is 0 Å². The monoisotopic (exact) mass is 492 g/mol. The van der Waals surface area contributed by atoms with Gasteiger partial charge in [0, 0.05) is 24.3 Å². The standard InChI is InChI=1S/C21H21BrN2O3S2/c1-5-27-18-12-16(22)13(10-17(18)26-4)11-19-20(25)24(21(28)29-19)15-8-6-14(7-9-15)23(2)3/h6-12H,5H2,1-4H3. The van der Waals surface area contributed by atoms with Crippen molar-refractivity contribution >= 4 is 67.6 Å². The number of thioether (sulfide) groups is 1. The van der Waals surface area contributed by atoms with Gasteiger partial charge in [-0.1, -0.05) is 39.9 Å². The van der Waals surface area contributed by atoms with Gasteiger partial charge in [0.05, 0.1) is 24.3 Å². The molecule has 1 saturated heterocycles. The van der Waals surface area contributed by atoms with E-state index in [0.717, 1.165) is 21.4 Å². The second kappa shape index (κ2) is 9.19. The normalized spacial score (nSPS) is 15.2. The van der Waals surface area contributed by atoms with E-state index < -0.39 is 0 Å². The van der Waals surface area contributed by atoms with Crippen LogP contribution >= 0.6 is 39.9 Å². The summed E-state index contributed by atoms with van der Waals surface area (Å²) >= 11 is 10.3. The second-order valence-electron chi connectivity index (χ2n) is 6.39. The fraction of sp³-hybridized carbons (Fsp3) is 0.238. The summed E-state index contributed by atoms with van der Waals surface area (Å²) in [6.45, 7) is 2.45. The number of nitrogens with zero attached hydrogens (tertiary/aromatic N) is 2. The van der Waals surface area contributed by atoms with Crippen LogP contribution in [0.4, 0.5) is 11.4 Å². The first kappa shape index (κ1) is 21.7. The fourth-order valence-corrected chi connectivity index (χ4v) is 4.55. The van der Waals surface area contributed by atoms with Crippen LogP contribution in [-0.2, 0) is 4.79 Å².